The lowest BCUT2D eigenvalue weighted by atomic mass is 9.98. The number of hydrogen-bond acceptors (Lipinski definition) is 5. The fourth-order valence-electron chi connectivity index (χ4n) is 3.89. The average Bonchev–Trinajstić information content (AvgIpc) is 3.10. The van der Waals surface area contributed by atoms with Crippen LogP contribution in [-0.2, 0) is 4.79 Å². The number of carbonyl (C=O) groups is 1. The molecule has 28 heavy (non-hydrogen) atoms. The molecule has 7 heteroatoms. The Morgan fingerprint density at radius 2 is 1.82 bits per heavy atom. The van der Waals surface area contributed by atoms with Crippen LogP contribution in [0.4, 0.5) is 0 Å². The second kappa shape index (κ2) is 8.99. The molecule has 1 aliphatic rings. The van der Waals surface area contributed by atoms with Crippen LogP contribution in [0.3, 0.4) is 0 Å². The molecule has 6 nitrogen and oxygen atoms in total. The highest BCUT2D eigenvalue weighted by atomic mass is 32.2. The number of aromatic nitrogens is 3. The Balaban J connectivity index is 1.77. The van der Waals surface area contributed by atoms with Crippen molar-refractivity contribution in [1.29, 1.82) is 0 Å². The minimum atomic E-state index is 0.189. The first-order chi connectivity index (χ1) is 13.4. The molecule has 2 aromatic rings. The summed E-state index contributed by atoms with van der Waals surface area (Å²) < 4.78 is 7.34. The van der Waals surface area contributed by atoms with Crippen LogP contribution in [0.15, 0.2) is 29.4 Å². The molecule has 0 N–H and O–H groups in total. The normalized spacial score (nSPS) is 19.9. The fraction of sp³-hybridized carbons (Fsp3) is 0.571. The zero-order chi connectivity index (χ0) is 20.3. The van der Waals surface area contributed by atoms with Gasteiger partial charge in [0.2, 0.25) is 5.91 Å². The quantitative estimate of drug-likeness (QED) is 0.670. The molecule has 0 saturated carbocycles. The number of carbonyl (C=O) groups excluding carboxylic acids is 1. The van der Waals surface area contributed by atoms with Gasteiger partial charge in [0.05, 0.1) is 12.9 Å². The van der Waals surface area contributed by atoms with Gasteiger partial charge in [0.25, 0.3) is 0 Å². The minimum absolute atomic E-state index is 0.189. The molecule has 1 saturated heterocycles. The summed E-state index contributed by atoms with van der Waals surface area (Å²) in [5.41, 5.74) is 0.985. The standard InChI is InChI=1S/C21H30N4O2S/c1-14(2)24-20(17-9-11-18(27-5)12-10-17)22-23-21(24)28-13-19(26)25-15(3)7-6-8-16(25)4/h9-12,14-16H,6-8,13H2,1-5H3. The van der Waals surface area contributed by atoms with Crippen molar-refractivity contribution in [2.24, 2.45) is 0 Å². The van der Waals surface area contributed by atoms with Crippen molar-refractivity contribution in [2.45, 2.75) is 70.2 Å². The Hall–Kier alpha value is -2.02. The number of likely N-dealkylation sites (tertiary alicyclic amines) is 1. The molecule has 0 radical (unpaired) electrons. The lowest BCUT2D eigenvalue weighted by molar-refractivity contribution is -0.134. The Bertz CT molecular complexity index is 793. The summed E-state index contributed by atoms with van der Waals surface area (Å²) in [7, 11) is 1.65. The second-order valence-electron chi connectivity index (χ2n) is 7.72. The van der Waals surface area contributed by atoms with Gasteiger partial charge in [-0.05, 0) is 71.2 Å². The third-order valence-corrected chi connectivity index (χ3v) is 6.26. The van der Waals surface area contributed by atoms with E-state index in [0.29, 0.717) is 17.8 Å². The third-order valence-electron chi connectivity index (χ3n) is 5.34. The number of rotatable bonds is 6. The molecule has 0 spiro atoms. The van der Waals surface area contributed by atoms with Crippen LogP contribution in [0, 0.1) is 0 Å². The maximum absolute atomic E-state index is 12.9. The van der Waals surface area contributed by atoms with Crippen LogP contribution < -0.4 is 4.74 Å². The third kappa shape index (κ3) is 4.35. The Morgan fingerprint density at radius 3 is 2.39 bits per heavy atom. The van der Waals surface area contributed by atoms with Gasteiger partial charge in [-0.3, -0.25) is 9.36 Å². The van der Waals surface area contributed by atoms with Crippen LogP contribution in [0.5, 0.6) is 5.75 Å². The predicted molar refractivity (Wildman–Crippen MR) is 113 cm³/mol. The Kier molecular flexibility index (Phi) is 6.65. The van der Waals surface area contributed by atoms with Gasteiger partial charge in [-0.1, -0.05) is 11.8 Å². The van der Waals surface area contributed by atoms with Gasteiger partial charge >= 0.3 is 0 Å². The van der Waals surface area contributed by atoms with Crippen molar-refractivity contribution in [3.63, 3.8) is 0 Å². The average molecular weight is 403 g/mol. The number of ether oxygens (including phenoxy) is 1. The molecule has 2 heterocycles. The van der Waals surface area contributed by atoms with Crippen LogP contribution in [0.1, 0.15) is 53.0 Å². The van der Waals surface area contributed by atoms with Gasteiger partial charge in [0.1, 0.15) is 5.75 Å². The summed E-state index contributed by atoms with van der Waals surface area (Å²) in [6, 6.07) is 8.63. The first kappa shape index (κ1) is 20.7. The molecule has 3 rings (SSSR count). The Morgan fingerprint density at radius 1 is 1.18 bits per heavy atom. The molecule has 1 aromatic heterocycles. The monoisotopic (exact) mass is 402 g/mol. The summed E-state index contributed by atoms with van der Waals surface area (Å²) in [5, 5.41) is 9.58. The number of thioether (sulfide) groups is 1. The molecule has 0 aliphatic carbocycles. The van der Waals surface area contributed by atoms with Crippen LogP contribution >= 0.6 is 11.8 Å². The van der Waals surface area contributed by atoms with Gasteiger partial charge < -0.3 is 9.64 Å². The van der Waals surface area contributed by atoms with Crippen molar-refractivity contribution < 1.29 is 9.53 Å². The van der Waals surface area contributed by atoms with E-state index in [1.165, 1.54) is 18.2 Å². The van der Waals surface area contributed by atoms with Crippen LogP contribution in [0.25, 0.3) is 11.4 Å². The summed E-state index contributed by atoms with van der Waals surface area (Å²) in [6.45, 7) is 8.52. The first-order valence-corrected chi connectivity index (χ1v) is 10.9. The molecule has 2 unspecified atom stereocenters. The van der Waals surface area contributed by atoms with Gasteiger partial charge in [-0.25, -0.2) is 0 Å². The highest BCUT2D eigenvalue weighted by Gasteiger charge is 2.29. The number of nitrogens with zero attached hydrogens (tertiary/aromatic N) is 4. The number of hydrogen-bond donors (Lipinski definition) is 0. The van der Waals surface area contributed by atoms with Crippen molar-refractivity contribution in [1.82, 2.24) is 19.7 Å². The SMILES string of the molecule is COc1ccc(-c2nnc(SCC(=O)N3C(C)CCCC3C)n2C(C)C)cc1. The fourth-order valence-corrected chi connectivity index (χ4v) is 4.83. The van der Waals surface area contributed by atoms with E-state index in [9.17, 15) is 4.79 Å². The van der Waals surface area contributed by atoms with E-state index in [4.69, 9.17) is 4.74 Å². The molecule has 2 atom stereocenters. The second-order valence-corrected chi connectivity index (χ2v) is 8.66. The molecule has 1 aliphatic heterocycles. The van der Waals surface area contributed by atoms with E-state index in [0.717, 1.165) is 35.1 Å². The highest BCUT2D eigenvalue weighted by Crippen LogP contribution is 2.30. The minimum Gasteiger partial charge on any atom is -0.497 e. The lowest BCUT2D eigenvalue weighted by Crippen LogP contribution is -2.48. The number of piperidine rings is 1. The zero-order valence-corrected chi connectivity index (χ0v) is 18.2. The maximum atomic E-state index is 12.9. The predicted octanol–water partition coefficient (Wildman–Crippen LogP) is 4.42. The van der Waals surface area contributed by atoms with E-state index in [1.807, 2.05) is 24.3 Å². The summed E-state index contributed by atoms with van der Waals surface area (Å²) >= 11 is 1.48. The molecular formula is C21H30N4O2S. The van der Waals surface area contributed by atoms with Crippen molar-refractivity contribution in [2.75, 3.05) is 12.9 Å². The summed E-state index contributed by atoms with van der Waals surface area (Å²) in [5.74, 6) is 2.20. The van der Waals surface area contributed by atoms with Gasteiger partial charge in [0.15, 0.2) is 11.0 Å². The summed E-state index contributed by atoms with van der Waals surface area (Å²) in [6.07, 6.45) is 3.38. The Labute approximate surface area is 171 Å². The van der Waals surface area contributed by atoms with E-state index >= 15 is 0 Å². The first-order valence-electron chi connectivity index (χ1n) is 9.95. The van der Waals surface area contributed by atoms with E-state index in [-0.39, 0.29) is 11.9 Å². The van der Waals surface area contributed by atoms with Crippen molar-refractivity contribution in [3.8, 4) is 17.1 Å². The smallest absolute Gasteiger partial charge is 0.233 e. The summed E-state index contributed by atoms with van der Waals surface area (Å²) in [4.78, 5) is 14.9. The largest absolute Gasteiger partial charge is 0.497 e. The molecule has 1 aromatic carbocycles. The van der Waals surface area contributed by atoms with Crippen molar-refractivity contribution >= 4 is 17.7 Å². The molecule has 1 amide bonds. The van der Waals surface area contributed by atoms with Crippen molar-refractivity contribution in [3.05, 3.63) is 24.3 Å². The van der Waals surface area contributed by atoms with E-state index < -0.39 is 0 Å². The topological polar surface area (TPSA) is 60.3 Å². The zero-order valence-electron chi connectivity index (χ0n) is 17.4. The molecule has 0 bridgehead atoms. The highest BCUT2D eigenvalue weighted by molar-refractivity contribution is 7.99. The lowest BCUT2D eigenvalue weighted by Gasteiger charge is -2.39. The van der Waals surface area contributed by atoms with Gasteiger partial charge in [-0.15, -0.1) is 10.2 Å². The van der Waals surface area contributed by atoms with E-state index in [1.54, 1.807) is 7.11 Å². The van der Waals surface area contributed by atoms with Crippen LogP contribution in [0.2, 0.25) is 0 Å². The van der Waals surface area contributed by atoms with E-state index in [2.05, 4.69) is 47.4 Å². The van der Waals surface area contributed by atoms with Gasteiger partial charge in [0, 0.05) is 23.7 Å². The van der Waals surface area contributed by atoms with Crippen LogP contribution in [-0.4, -0.2) is 50.5 Å². The number of benzene rings is 1. The molecule has 152 valence electrons. The number of methoxy groups -OCH3 is 1. The van der Waals surface area contributed by atoms with Gasteiger partial charge in [-0.2, -0.15) is 0 Å². The maximum Gasteiger partial charge on any atom is 0.233 e. The molecule has 1 fully saturated rings. The number of amides is 1. The molecular weight excluding hydrogens is 372 g/mol.